The van der Waals surface area contributed by atoms with E-state index in [0.29, 0.717) is 17.2 Å². The molecule has 0 aliphatic heterocycles. The lowest BCUT2D eigenvalue weighted by molar-refractivity contribution is 0.201. The Hall–Kier alpha value is -3.13. The number of hydrogen-bond donors (Lipinski definition) is 1. The third-order valence-corrected chi connectivity index (χ3v) is 4.62. The Morgan fingerprint density at radius 3 is 2.85 bits per heavy atom. The van der Waals surface area contributed by atoms with Gasteiger partial charge in [-0.15, -0.1) is 0 Å². The van der Waals surface area contributed by atoms with Crippen LogP contribution in [0.25, 0.3) is 11.3 Å². The molecule has 1 N–H and O–H groups in total. The molecule has 0 aliphatic carbocycles. The summed E-state index contributed by atoms with van der Waals surface area (Å²) in [5.41, 5.74) is 3.88. The molecule has 4 aromatic heterocycles. The zero-order chi connectivity index (χ0) is 19.1. The number of fused-ring (bicyclic) bond motifs is 2. The average Bonchev–Trinajstić information content (AvgIpc) is 3.23. The maximum atomic E-state index is 12.0. The molecule has 8 nitrogen and oxygen atoms in total. The van der Waals surface area contributed by atoms with Gasteiger partial charge in [-0.3, -0.25) is 4.90 Å². The zero-order valence-corrected chi connectivity index (χ0v) is 15.6. The van der Waals surface area contributed by atoms with Crippen LogP contribution in [0.5, 0.6) is 0 Å². The minimum absolute atomic E-state index is 0.0627. The third kappa shape index (κ3) is 2.97. The minimum atomic E-state index is -1.12. The molecular formula is C18H17ClN6O2. The second-order valence-corrected chi connectivity index (χ2v) is 6.61. The van der Waals surface area contributed by atoms with Crippen molar-refractivity contribution in [2.24, 2.45) is 0 Å². The van der Waals surface area contributed by atoms with E-state index >= 15 is 0 Å². The summed E-state index contributed by atoms with van der Waals surface area (Å²) < 4.78 is 3.38. The second-order valence-electron chi connectivity index (χ2n) is 6.22. The van der Waals surface area contributed by atoms with Crippen LogP contribution in [0.1, 0.15) is 23.7 Å². The highest BCUT2D eigenvalue weighted by molar-refractivity contribution is 6.29. The quantitative estimate of drug-likeness (QED) is 0.543. The fourth-order valence-corrected chi connectivity index (χ4v) is 3.27. The first-order chi connectivity index (χ1) is 13.0. The van der Waals surface area contributed by atoms with Crippen LogP contribution < -0.4 is 4.90 Å². The van der Waals surface area contributed by atoms with Gasteiger partial charge in [-0.1, -0.05) is 24.6 Å². The van der Waals surface area contributed by atoms with Gasteiger partial charge in [0, 0.05) is 24.0 Å². The highest BCUT2D eigenvalue weighted by atomic mass is 35.5. The van der Waals surface area contributed by atoms with Gasteiger partial charge < -0.3 is 9.51 Å². The average molecular weight is 385 g/mol. The van der Waals surface area contributed by atoms with Crippen molar-refractivity contribution in [1.82, 2.24) is 24.0 Å². The first-order valence-corrected chi connectivity index (χ1v) is 8.82. The van der Waals surface area contributed by atoms with Gasteiger partial charge in [0.05, 0.1) is 18.4 Å². The Balaban J connectivity index is 1.81. The summed E-state index contributed by atoms with van der Waals surface area (Å²) in [5, 5.41) is 14.3. The molecule has 27 heavy (non-hydrogen) atoms. The van der Waals surface area contributed by atoms with Crippen molar-refractivity contribution in [1.29, 1.82) is 0 Å². The summed E-state index contributed by atoms with van der Waals surface area (Å²) in [6, 6.07) is 5.38. The molecule has 0 saturated heterocycles. The highest BCUT2D eigenvalue weighted by Gasteiger charge is 2.22. The lowest BCUT2D eigenvalue weighted by atomic mass is 10.3. The molecule has 138 valence electrons. The number of aryl methyl sites for hydroxylation is 2. The van der Waals surface area contributed by atoms with E-state index < -0.39 is 6.09 Å². The Bertz CT molecular complexity index is 1170. The van der Waals surface area contributed by atoms with Crippen LogP contribution >= 0.6 is 11.6 Å². The topological polar surface area (TPSA) is 88.0 Å². The smallest absolute Gasteiger partial charge is 0.413 e. The molecule has 0 saturated carbocycles. The molecule has 0 fully saturated rings. The summed E-state index contributed by atoms with van der Waals surface area (Å²) >= 11 is 6.15. The lowest BCUT2D eigenvalue weighted by Gasteiger charge is -2.19. The molecule has 0 spiro atoms. The molecule has 0 unspecified atom stereocenters. The minimum Gasteiger partial charge on any atom is -0.465 e. The SMILES string of the molecule is CCc1cnn2c(N(Cc3cn4cccc(C)c4n3)C(=O)O)cc(Cl)nc12. The molecule has 0 aliphatic rings. The Labute approximate surface area is 159 Å². The number of anilines is 1. The summed E-state index contributed by atoms with van der Waals surface area (Å²) in [5.74, 6) is 0.325. The number of aromatic nitrogens is 5. The number of nitrogens with zero attached hydrogens (tertiary/aromatic N) is 6. The first-order valence-electron chi connectivity index (χ1n) is 8.44. The van der Waals surface area contributed by atoms with Crippen molar-refractivity contribution >= 4 is 34.8 Å². The molecule has 4 rings (SSSR count). The van der Waals surface area contributed by atoms with Crippen LogP contribution in [0.15, 0.2) is 36.8 Å². The number of hydrogen-bond acceptors (Lipinski definition) is 4. The van der Waals surface area contributed by atoms with Gasteiger partial charge in [0.1, 0.15) is 16.6 Å². The van der Waals surface area contributed by atoms with Gasteiger partial charge in [-0.25, -0.2) is 14.8 Å². The van der Waals surface area contributed by atoms with Crippen LogP contribution in [0.3, 0.4) is 0 Å². The normalized spacial score (nSPS) is 11.4. The predicted octanol–water partition coefficient (Wildman–Crippen LogP) is 3.59. The number of carboxylic acid groups (broad SMARTS) is 1. The van der Waals surface area contributed by atoms with Gasteiger partial charge in [0.15, 0.2) is 5.65 Å². The summed E-state index contributed by atoms with van der Waals surface area (Å²) in [6.07, 6.45) is 4.97. The number of carbonyl (C=O) groups is 1. The highest BCUT2D eigenvalue weighted by Crippen LogP contribution is 2.24. The molecular weight excluding hydrogens is 368 g/mol. The van der Waals surface area contributed by atoms with Gasteiger partial charge in [-0.05, 0) is 25.0 Å². The molecule has 4 heterocycles. The molecule has 0 radical (unpaired) electrons. The molecule has 0 aromatic carbocycles. The summed E-state index contributed by atoms with van der Waals surface area (Å²) in [6.45, 7) is 4.00. The van der Waals surface area contributed by atoms with Gasteiger partial charge >= 0.3 is 6.09 Å². The van der Waals surface area contributed by atoms with E-state index in [0.717, 1.165) is 23.2 Å². The van der Waals surface area contributed by atoms with E-state index in [9.17, 15) is 9.90 Å². The summed E-state index contributed by atoms with van der Waals surface area (Å²) in [4.78, 5) is 22.0. The van der Waals surface area contributed by atoms with Crippen molar-refractivity contribution in [2.45, 2.75) is 26.8 Å². The van der Waals surface area contributed by atoms with Crippen LogP contribution in [0.2, 0.25) is 5.15 Å². The van der Waals surface area contributed by atoms with Crippen LogP contribution in [-0.2, 0) is 13.0 Å². The molecule has 0 bridgehead atoms. The van der Waals surface area contributed by atoms with Gasteiger partial charge in [0.2, 0.25) is 0 Å². The van der Waals surface area contributed by atoms with Crippen molar-refractivity contribution in [3.05, 3.63) is 58.8 Å². The van der Waals surface area contributed by atoms with Crippen molar-refractivity contribution < 1.29 is 9.90 Å². The van der Waals surface area contributed by atoms with E-state index in [1.807, 2.05) is 42.8 Å². The van der Waals surface area contributed by atoms with Crippen LogP contribution in [0.4, 0.5) is 10.6 Å². The Morgan fingerprint density at radius 2 is 2.15 bits per heavy atom. The van der Waals surface area contributed by atoms with Gasteiger partial charge in [-0.2, -0.15) is 9.61 Å². The third-order valence-electron chi connectivity index (χ3n) is 4.43. The Morgan fingerprint density at radius 1 is 1.33 bits per heavy atom. The molecule has 4 aromatic rings. The van der Waals surface area contributed by atoms with E-state index in [2.05, 4.69) is 15.1 Å². The predicted molar refractivity (Wildman–Crippen MR) is 102 cm³/mol. The van der Waals surface area contributed by atoms with E-state index in [4.69, 9.17) is 11.6 Å². The maximum absolute atomic E-state index is 12.0. The van der Waals surface area contributed by atoms with Crippen LogP contribution in [-0.4, -0.2) is 35.2 Å². The monoisotopic (exact) mass is 384 g/mol. The van der Waals surface area contributed by atoms with Crippen molar-refractivity contribution in [3.63, 3.8) is 0 Å². The van der Waals surface area contributed by atoms with Gasteiger partial charge in [0.25, 0.3) is 0 Å². The first kappa shape index (κ1) is 17.3. The van der Waals surface area contributed by atoms with Crippen molar-refractivity contribution in [2.75, 3.05) is 4.90 Å². The number of rotatable bonds is 4. The number of imidazole rings is 1. The fraction of sp³-hybridized carbons (Fsp3) is 0.222. The number of halogens is 1. The number of pyridine rings is 1. The molecule has 0 atom stereocenters. The van der Waals surface area contributed by atoms with Crippen LogP contribution in [0, 0.1) is 6.92 Å². The molecule has 9 heteroatoms. The zero-order valence-electron chi connectivity index (χ0n) is 14.8. The lowest BCUT2D eigenvalue weighted by Crippen LogP contribution is -2.31. The second kappa shape index (κ2) is 6.55. The standard InChI is InChI=1S/C18H17ClN6O2/c1-3-12-8-20-25-15(7-14(19)22-17(12)25)24(18(26)27)10-13-9-23-6-4-5-11(2)16(23)21-13/h4-9H,3,10H2,1-2H3,(H,26,27). The van der Waals surface area contributed by atoms with E-state index in [1.165, 1.54) is 15.5 Å². The summed E-state index contributed by atoms with van der Waals surface area (Å²) in [7, 11) is 0. The van der Waals surface area contributed by atoms with Crippen molar-refractivity contribution in [3.8, 4) is 0 Å². The van der Waals surface area contributed by atoms with E-state index in [1.54, 1.807) is 6.20 Å². The van der Waals surface area contributed by atoms with E-state index in [-0.39, 0.29) is 11.7 Å². The number of amides is 1. The fourth-order valence-electron chi connectivity index (χ4n) is 3.09. The maximum Gasteiger partial charge on any atom is 0.413 e. The Kier molecular flexibility index (Phi) is 4.19. The largest absolute Gasteiger partial charge is 0.465 e. The molecule has 1 amide bonds.